The summed E-state index contributed by atoms with van der Waals surface area (Å²) < 4.78 is 10.2. The zero-order chi connectivity index (χ0) is 79.3. The first kappa shape index (κ1) is 98.4. The van der Waals surface area contributed by atoms with Gasteiger partial charge in [0, 0.05) is 31.8 Å². The molecule has 8 aromatic carbocycles. The number of benzene rings is 8. The predicted octanol–water partition coefficient (Wildman–Crippen LogP) is 31.5. The summed E-state index contributed by atoms with van der Waals surface area (Å²) in [6.45, 7) is 34.4. The van der Waals surface area contributed by atoms with Gasteiger partial charge in [-0.25, -0.2) is 0 Å². The van der Waals surface area contributed by atoms with E-state index in [1.54, 1.807) is 47.9 Å². The van der Waals surface area contributed by atoms with Crippen molar-refractivity contribution in [2.24, 2.45) is 47.3 Å². The average molecular weight is 1500 g/mol. The Labute approximate surface area is 685 Å². The van der Waals surface area contributed by atoms with Gasteiger partial charge in [-0.2, -0.15) is 0 Å². The standard InChI is InChI=1S/2C11H16.2C10H12.C10H14.C10H10.C9H12.C8H14.C8H10.C6H12.2C5H10O.C5H10.CH4/c1-10(2)8-9-11-6-4-3-5-7-11;1-2-3-5-8-11-9-6-4-7-10-11;1-8-6-9-4-2-3-5-10(9)7-8;1-8-6-7-9-4-2-3-5-10(8)9;2*1-2-3-7-10-8-5-4-6-9-10;1-2-6-9-7-4-3-5-8-9;1-6-4-7-2-3-8(6)5-7;1-2-8-6-4-3-5-7-8;1-6-4-2-3-5-6;1-5-2-3-6-4-5;1-5-3-2-4-6-5;1-2-5-3-4-5;/h3-7,10H,8-9H2,1-2H3;4,6-7,9-10H,2-3,5,8H2,1H3;2*2-5,8H,6-7H2,1H3;4-6,8-9H,2-3,7H2,1H3;4-6,8-9H,2H2,1H3;3-5,7-8H,2,6H2,1H3;6-8H,2-5H2,1H3;3-7H,2H2,1H3;6H,2-5H2,1H3;2*5H,2-4H2,1H3;5H,2-4H2,1H3;1H4. The van der Waals surface area contributed by atoms with Crippen molar-refractivity contribution in [1.82, 2.24) is 0 Å². The fourth-order valence-corrected chi connectivity index (χ4v) is 14.9. The lowest BCUT2D eigenvalue weighted by atomic mass is 9.91. The van der Waals surface area contributed by atoms with E-state index in [-0.39, 0.29) is 7.43 Å². The quantitative estimate of drug-likeness (QED) is 0.0798. The van der Waals surface area contributed by atoms with E-state index in [0.717, 1.165) is 91.5 Å². The molecule has 111 heavy (non-hydrogen) atoms. The largest absolute Gasteiger partial charge is 0.381 e. The minimum atomic E-state index is 0. The van der Waals surface area contributed by atoms with Crippen molar-refractivity contribution in [3.8, 4) is 11.8 Å². The summed E-state index contributed by atoms with van der Waals surface area (Å²) in [5.41, 5.74) is 14.6. The molecular formula is C109H162O2. The van der Waals surface area contributed by atoms with Gasteiger partial charge in [-0.1, -0.05) is 405 Å². The number of hydrogen-bond acceptors (Lipinski definition) is 2. The summed E-state index contributed by atoms with van der Waals surface area (Å²) in [4.78, 5) is 0. The molecule has 6 fully saturated rings. The van der Waals surface area contributed by atoms with Crippen LogP contribution in [0.15, 0.2) is 231 Å². The highest BCUT2D eigenvalue weighted by Crippen LogP contribution is 2.48. The molecule has 8 aromatic rings. The van der Waals surface area contributed by atoms with Crippen molar-refractivity contribution in [3.63, 3.8) is 0 Å². The zero-order valence-corrected chi connectivity index (χ0v) is 72.6. The number of fused-ring (bicyclic) bond motifs is 4. The molecule has 2 heteroatoms. The highest BCUT2D eigenvalue weighted by atomic mass is 16.5. The highest BCUT2D eigenvalue weighted by molar-refractivity contribution is 5.35. The van der Waals surface area contributed by atoms with E-state index in [1.807, 2.05) is 36.4 Å². The summed E-state index contributed by atoms with van der Waals surface area (Å²) >= 11 is 0. The van der Waals surface area contributed by atoms with Gasteiger partial charge in [-0.3, -0.25) is 0 Å². The topological polar surface area (TPSA) is 18.5 Å². The third-order valence-corrected chi connectivity index (χ3v) is 22.3. The van der Waals surface area contributed by atoms with Crippen LogP contribution >= 0.6 is 0 Å². The minimum absolute atomic E-state index is 0. The molecule has 2 nitrogen and oxygen atoms in total. The molecule has 16 rings (SSSR count). The first-order valence-electron chi connectivity index (χ1n) is 44.7. The lowest BCUT2D eigenvalue weighted by molar-refractivity contribution is 0.125. The lowest BCUT2D eigenvalue weighted by Gasteiger charge is -2.15. The van der Waals surface area contributed by atoms with E-state index in [4.69, 9.17) is 9.47 Å². The molecule has 2 aliphatic heterocycles. The number of rotatable bonds is 14. The summed E-state index contributed by atoms with van der Waals surface area (Å²) in [6.07, 6.45) is 42.3. The van der Waals surface area contributed by atoms with Gasteiger partial charge in [0.25, 0.3) is 0 Å². The molecule has 0 N–H and O–H groups in total. The molecule has 0 amide bonds. The van der Waals surface area contributed by atoms with Crippen LogP contribution in [0.3, 0.4) is 0 Å². The van der Waals surface area contributed by atoms with Crippen LogP contribution in [0.5, 0.6) is 0 Å². The van der Waals surface area contributed by atoms with Gasteiger partial charge < -0.3 is 9.47 Å². The Morgan fingerprint density at radius 1 is 0.405 bits per heavy atom. The Morgan fingerprint density at radius 2 is 0.892 bits per heavy atom. The molecule has 0 spiro atoms. The van der Waals surface area contributed by atoms with Gasteiger partial charge in [-0.05, 0) is 238 Å². The Hall–Kier alpha value is -6.76. The summed E-state index contributed by atoms with van der Waals surface area (Å²) in [5, 5.41) is 0. The van der Waals surface area contributed by atoms with Crippen LogP contribution < -0.4 is 0 Å². The molecule has 2 heterocycles. The van der Waals surface area contributed by atoms with Gasteiger partial charge >= 0.3 is 0 Å². The Morgan fingerprint density at radius 3 is 1.23 bits per heavy atom. The molecule has 2 saturated heterocycles. The van der Waals surface area contributed by atoms with E-state index >= 15 is 0 Å². The molecule has 0 radical (unpaired) electrons. The molecule has 2 bridgehead atoms. The number of ether oxygens (including phenoxy) is 2. The summed E-state index contributed by atoms with van der Waals surface area (Å²) in [5.74, 6) is 14.9. The third-order valence-electron chi connectivity index (χ3n) is 22.3. The maximum absolute atomic E-state index is 5.15. The average Bonchev–Trinajstić information content (AvgIpc) is 1.71. The lowest BCUT2D eigenvalue weighted by Crippen LogP contribution is -2.04. The molecule has 6 unspecified atom stereocenters. The minimum Gasteiger partial charge on any atom is -0.381 e. The van der Waals surface area contributed by atoms with E-state index < -0.39 is 0 Å². The van der Waals surface area contributed by atoms with Crippen molar-refractivity contribution < 1.29 is 9.47 Å². The first-order chi connectivity index (χ1) is 53.7. The SMILES string of the molecule is C.CC(C)CCc1ccccc1.CC1CC2CCC1C2.CC1CCCC1.CC1CCCO1.CC1CCOC1.CC1CCc2ccccc21.CC1Cc2ccccc2C1.CCC#Cc1ccccc1.CCC1CC1.CCCCCc1ccccc1.CCCCc1ccccc1.CCCc1ccccc1.CCc1ccccc1. The van der Waals surface area contributed by atoms with Crippen LogP contribution in [0, 0.1) is 59.2 Å². The van der Waals surface area contributed by atoms with Crippen LogP contribution in [0.4, 0.5) is 0 Å². The van der Waals surface area contributed by atoms with Crippen LogP contribution in [-0.2, 0) is 60.8 Å². The van der Waals surface area contributed by atoms with E-state index in [2.05, 4.69) is 303 Å². The highest BCUT2D eigenvalue weighted by Gasteiger charge is 2.36. The van der Waals surface area contributed by atoms with Gasteiger partial charge in [0.1, 0.15) is 0 Å². The summed E-state index contributed by atoms with van der Waals surface area (Å²) in [7, 11) is 0. The van der Waals surface area contributed by atoms with Gasteiger partial charge in [0.05, 0.1) is 6.10 Å². The van der Waals surface area contributed by atoms with Crippen molar-refractivity contribution in [2.45, 2.75) is 315 Å². The second kappa shape index (κ2) is 64.6. The first-order valence-corrected chi connectivity index (χ1v) is 44.7. The third kappa shape index (κ3) is 49.5. The number of aryl methyl sites for hydroxylation is 6. The smallest absolute Gasteiger partial charge is 0.0547 e. The Bertz CT molecular complexity index is 3340. The molecule has 0 aromatic heterocycles. The van der Waals surface area contributed by atoms with Crippen molar-refractivity contribution in [3.05, 3.63) is 286 Å². The van der Waals surface area contributed by atoms with E-state index in [0.29, 0.717) is 6.10 Å². The molecule has 6 aliphatic carbocycles. The van der Waals surface area contributed by atoms with Gasteiger partial charge in [0.15, 0.2) is 0 Å². The van der Waals surface area contributed by atoms with Crippen molar-refractivity contribution in [2.75, 3.05) is 19.8 Å². The normalized spacial score (nSPS) is 18.6. The predicted molar refractivity (Wildman–Crippen MR) is 492 cm³/mol. The van der Waals surface area contributed by atoms with Gasteiger partial charge in [0.2, 0.25) is 0 Å². The Balaban J connectivity index is 0.000000313. The molecule has 8 aliphatic rings. The zero-order valence-electron chi connectivity index (χ0n) is 72.6. The second-order valence-electron chi connectivity index (χ2n) is 33.2. The summed E-state index contributed by atoms with van der Waals surface area (Å²) in [6, 6.07) is 80.6. The Kier molecular flexibility index (Phi) is 57.3. The molecule has 4 saturated carbocycles. The van der Waals surface area contributed by atoms with Crippen LogP contribution in [0.1, 0.15) is 314 Å². The van der Waals surface area contributed by atoms with Crippen LogP contribution in [0.25, 0.3) is 0 Å². The van der Waals surface area contributed by atoms with Crippen LogP contribution in [-0.4, -0.2) is 25.9 Å². The monoisotopic (exact) mass is 1500 g/mol. The van der Waals surface area contributed by atoms with E-state index in [9.17, 15) is 0 Å². The van der Waals surface area contributed by atoms with Crippen molar-refractivity contribution >= 4 is 0 Å². The van der Waals surface area contributed by atoms with E-state index in [1.165, 1.54) is 188 Å². The molecule has 610 valence electrons. The number of hydrogen-bond donors (Lipinski definition) is 0. The fraction of sp³-hybridized carbons (Fsp3) is 0.541. The molecular weight excluding hydrogens is 1340 g/mol. The fourth-order valence-electron chi connectivity index (χ4n) is 14.9. The maximum Gasteiger partial charge on any atom is 0.0547 e. The van der Waals surface area contributed by atoms with Crippen LogP contribution in [0.2, 0.25) is 0 Å². The van der Waals surface area contributed by atoms with Gasteiger partial charge in [-0.15, -0.1) is 0 Å². The number of unbranched alkanes of at least 4 members (excludes halogenated alkanes) is 3. The molecule has 6 atom stereocenters. The second-order valence-corrected chi connectivity index (χ2v) is 33.2. The maximum atomic E-state index is 5.15. The van der Waals surface area contributed by atoms with Crippen molar-refractivity contribution in [1.29, 1.82) is 0 Å².